The molecule has 2 amide bonds. The lowest BCUT2D eigenvalue weighted by atomic mass is 10.1. The number of hydrogen-bond donors (Lipinski definition) is 1. The average molecular weight is 667 g/mol. The molecule has 0 bridgehead atoms. The molecule has 4 rings (SSSR count). The van der Waals surface area contributed by atoms with Gasteiger partial charge in [-0.2, -0.15) is 0 Å². The zero-order chi connectivity index (χ0) is 32.2. The molecular weight excluding hydrogens is 632 g/mol. The molecule has 1 heterocycles. The number of benzene rings is 3. The number of ether oxygens (including phenoxy) is 2. The van der Waals surface area contributed by atoms with E-state index in [1.54, 1.807) is 25.1 Å². The fourth-order valence-corrected chi connectivity index (χ4v) is 6.41. The van der Waals surface area contributed by atoms with Crippen molar-refractivity contribution in [2.75, 3.05) is 24.1 Å². The maximum Gasteiger partial charge on any atom is 0.264 e. The molecule has 1 N–H and O–H groups in total. The highest BCUT2D eigenvalue weighted by Gasteiger charge is 2.35. The quantitative estimate of drug-likeness (QED) is 0.293. The number of carbonyl (C=O) groups is 2. The standard InChI is InChI=1S/C31H34Cl2FN3O6S/c1-5-26(30(39)35-31(2,3)4)36(18-20-6-12-24(32)25(33)16-20)29(38)19-37(22-9-7-21(34)8-10-22)44(40,41)23-11-13-27-28(17-23)43-15-14-42-27/h6-13,16-17,26H,5,14-15,18-19H2,1-4H3,(H,35,39)/t26-/m0/s1. The number of fused-ring (bicyclic) bond motifs is 1. The molecule has 1 atom stereocenters. The van der Waals surface area contributed by atoms with Gasteiger partial charge in [-0.25, -0.2) is 12.8 Å². The lowest BCUT2D eigenvalue weighted by Crippen LogP contribution is -2.55. The summed E-state index contributed by atoms with van der Waals surface area (Å²) in [7, 11) is -4.41. The molecule has 236 valence electrons. The van der Waals surface area contributed by atoms with E-state index >= 15 is 0 Å². The van der Waals surface area contributed by atoms with Gasteiger partial charge < -0.3 is 19.7 Å². The second-order valence-corrected chi connectivity index (χ2v) is 13.9. The Labute approximate surface area is 266 Å². The Morgan fingerprint density at radius 3 is 2.23 bits per heavy atom. The van der Waals surface area contributed by atoms with Crippen LogP contribution < -0.4 is 19.1 Å². The summed E-state index contributed by atoms with van der Waals surface area (Å²) in [4.78, 5) is 28.8. The van der Waals surface area contributed by atoms with Crippen LogP contribution in [0.2, 0.25) is 10.0 Å². The molecule has 0 fully saturated rings. The zero-order valence-corrected chi connectivity index (χ0v) is 27.1. The van der Waals surface area contributed by atoms with E-state index in [9.17, 15) is 22.4 Å². The first kappa shape index (κ1) is 33.4. The number of sulfonamides is 1. The summed E-state index contributed by atoms with van der Waals surface area (Å²) < 4.78 is 54.1. The molecule has 0 saturated heterocycles. The van der Waals surface area contributed by atoms with Gasteiger partial charge in [0.1, 0.15) is 31.6 Å². The van der Waals surface area contributed by atoms with E-state index in [1.165, 1.54) is 35.2 Å². The molecule has 0 aromatic heterocycles. The molecule has 9 nitrogen and oxygen atoms in total. The molecule has 0 aliphatic carbocycles. The molecule has 0 saturated carbocycles. The summed E-state index contributed by atoms with van der Waals surface area (Å²) >= 11 is 12.3. The van der Waals surface area contributed by atoms with Crippen LogP contribution in [0, 0.1) is 5.82 Å². The van der Waals surface area contributed by atoms with Crippen molar-refractivity contribution in [1.82, 2.24) is 10.2 Å². The van der Waals surface area contributed by atoms with Gasteiger partial charge >= 0.3 is 0 Å². The third-order valence-electron chi connectivity index (χ3n) is 6.72. The molecule has 0 radical (unpaired) electrons. The third-order valence-corrected chi connectivity index (χ3v) is 9.23. The predicted molar refractivity (Wildman–Crippen MR) is 167 cm³/mol. The lowest BCUT2D eigenvalue weighted by molar-refractivity contribution is -0.141. The van der Waals surface area contributed by atoms with Crippen molar-refractivity contribution < 1.29 is 31.9 Å². The number of carbonyl (C=O) groups excluding carboxylic acids is 2. The minimum absolute atomic E-state index is 0.0521. The van der Waals surface area contributed by atoms with Gasteiger partial charge in [0.25, 0.3) is 10.0 Å². The Hall–Kier alpha value is -3.54. The van der Waals surface area contributed by atoms with Crippen molar-refractivity contribution in [3.05, 3.63) is 82.1 Å². The SMILES string of the molecule is CC[C@@H](C(=O)NC(C)(C)C)N(Cc1ccc(Cl)c(Cl)c1)C(=O)CN(c1ccc(F)cc1)S(=O)(=O)c1ccc2c(c1)OCCO2. The summed E-state index contributed by atoms with van der Waals surface area (Å²) in [6.07, 6.45) is 0.237. The van der Waals surface area contributed by atoms with Crippen LogP contribution in [0.1, 0.15) is 39.7 Å². The van der Waals surface area contributed by atoms with E-state index < -0.39 is 45.8 Å². The largest absolute Gasteiger partial charge is 0.486 e. The molecule has 1 aliphatic rings. The Morgan fingerprint density at radius 1 is 0.955 bits per heavy atom. The van der Waals surface area contributed by atoms with Gasteiger partial charge in [0.15, 0.2) is 11.5 Å². The van der Waals surface area contributed by atoms with E-state index in [-0.39, 0.29) is 40.9 Å². The van der Waals surface area contributed by atoms with Crippen LogP contribution in [0.15, 0.2) is 65.6 Å². The van der Waals surface area contributed by atoms with Crippen LogP contribution >= 0.6 is 23.2 Å². The van der Waals surface area contributed by atoms with Gasteiger partial charge in [-0.05, 0) is 81.3 Å². The molecule has 1 aliphatic heterocycles. The molecule has 0 unspecified atom stereocenters. The first-order valence-electron chi connectivity index (χ1n) is 13.9. The second kappa shape index (κ2) is 13.6. The van der Waals surface area contributed by atoms with Gasteiger partial charge in [-0.1, -0.05) is 36.2 Å². The predicted octanol–water partition coefficient (Wildman–Crippen LogP) is 5.82. The molecule has 3 aromatic carbocycles. The van der Waals surface area contributed by atoms with E-state index in [4.69, 9.17) is 32.7 Å². The number of halogens is 3. The number of nitrogens with zero attached hydrogens (tertiary/aromatic N) is 2. The Morgan fingerprint density at radius 2 is 1.61 bits per heavy atom. The molecule has 3 aromatic rings. The monoisotopic (exact) mass is 665 g/mol. The van der Waals surface area contributed by atoms with E-state index in [0.717, 1.165) is 16.4 Å². The fourth-order valence-electron chi connectivity index (χ4n) is 4.65. The highest BCUT2D eigenvalue weighted by molar-refractivity contribution is 7.92. The number of rotatable bonds is 10. The maximum absolute atomic E-state index is 14.2. The van der Waals surface area contributed by atoms with Crippen LogP contribution in [-0.2, 0) is 26.2 Å². The van der Waals surface area contributed by atoms with Gasteiger partial charge in [-0.3, -0.25) is 13.9 Å². The number of anilines is 1. The average Bonchev–Trinajstić information content (AvgIpc) is 2.96. The number of nitrogens with one attached hydrogen (secondary N) is 1. The normalized spacial score (nSPS) is 13.6. The summed E-state index contributed by atoms with van der Waals surface area (Å²) in [5, 5.41) is 3.49. The lowest BCUT2D eigenvalue weighted by Gasteiger charge is -2.35. The highest BCUT2D eigenvalue weighted by atomic mass is 35.5. The van der Waals surface area contributed by atoms with Crippen molar-refractivity contribution in [2.24, 2.45) is 0 Å². The highest BCUT2D eigenvalue weighted by Crippen LogP contribution is 2.34. The van der Waals surface area contributed by atoms with Crippen LogP contribution in [0.4, 0.5) is 10.1 Å². The topological polar surface area (TPSA) is 105 Å². The van der Waals surface area contributed by atoms with Crippen LogP contribution in [0.3, 0.4) is 0 Å². The van der Waals surface area contributed by atoms with Crippen LogP contribution in [0.25, 0.3) is 0 Å². The second-order valence-electron chi connectivity index (χ2n) is 11.2. The van der Waals surface area contributed by atoms with Gasteiger partial charge in [0.2, 0.25) is 11.8 Å². The van der Waals surface area contributed by atoms with E-state index in [2.05, 4.69) is 5.32 Å². The smallest absolute Gasteiger partial charge is 0.264 e. The van der Waals surface area contributed by atoms with Crippen molar-refractivity contribution in [2.45, 2.75) is 57.1 Å². The van der Waals surface area contributed by atoms with E-state index in [0.29, 0.717) is 22.9 Å². The summed E-state index contributed by atoms with van der Waals surface area (Å²) in [5.74, 6) is -1.02. The minimum Gasteiger partial charge on any atom is -0.486 e. The van der Waals surface area contributed by atoms with Gasteiger partial charge in [0.05, 0.1) is 20.6 Å². The zero-order valence-electron chi connectivity index (χ0n) is 24.8. The molecule has 0 spiro atoms. The third kappa shape index (κ3) is 7.94. The van der Waals surface area contributed by atoms with Gasteiger partial charge in [0, 0.05) is 18.2 Å². The summed E-state index contributed by atoms with van der Waals surface area (Å²) in [6, 6.07) is 12.8. The number of hydrogen-bond acceptors (Lipinski definition) is 6. The van der Waals surface area contributed by atoms with Crippen molar-refractivity contribution >= 4 is 50.7 Å². The van der Waals surface area contributed by atoms with Gasteiger partial charge in [-0.15, -0.1) is 0 Å². The molecule has 44 heavy (non-hydrogen) atoms. The Kier molecular flexibility index (Phi) is 10.3. The van der Waals surface area contributed by atoms with Crippen molar-refractivity contribution in [1.29, 1.82) is 0 Å². The van der Waals surface area contributed by atoms with Crippen LogP contribution in [-0.4, -0.2) is 56.5 Å². The summed E-state index contributed by atoms with van der Waals surface area (Å²) in [5.41, 5.74) is 0.0407. The molecule has 13 heteroatoms. The van der Waals surface area contributed by atoms with Crippen molar-refractivity contribution in [3.8, 4) is 11.5 Å². The molecular formula is C31H34Cl2FN3O6S. The van der Waals surface area contributed by atoms with Crippen LogP contribution in [0.5, 0.6) is 11.5 Å². The summed E-state index contributed by atoms with van der Waals surface area (Å²) in [6.45, 7) is 7.03. The van der Waals surface area contributed by atoms with E-state index in [1.807, 2.05) is 20.8 Å². The van der Waals surface area contributed by atoms with Crippen molar-refractivity contribution in [3.63, 3.8) is 0 Å². The fraction of sp³-hybridized carbons (Fsp3) is 0.355. The Balaban J connectivity index is 1.76. The first-order chi connectivity index (χ1) is 20.7. The Bertz CT molecular complexity index is 1630. The minimum atomic E-state index is -4.41. The number of amides is 2. The first-order valence-corrected chi connectivity index (χ1v) is 16.1. The maximum atomic E-state index is 14.2.